The van der Waals surface area contributed by atoms with Crippen molar-refractivity contribution in [2.45, 2.75) is 32.3 Å². The van der Waals surface area contributed by atoms with E-state index in [0.29, 0.717) is 11.8 Å². The fraction of sp³-hybridized carbons (Fsp3) is 0.500. The van der Waals surface area contributed by atoms with Crippen LogP contribution in [0.15, 0.2) is 24.3 Å². The highest BCUT2D eigenvalue weighted by Gasteiger charge is 2.32. The van der Waals surface area contributed by atoms with Gasteiger partial charge in [0, 0.05) is 5.92 Å². The van der Waals surface area contributed by atoms with Crippen molar-refractivity contribution in [3.63, 3.8) is 0 Å². The first-order chi connectivity index (χ1) is 6.20. The summed E-state index contributed by atoms with van der Waals surface area (Å²) in [5, 5.41) is 9.89. The van der Waals surface area contributed by atoms with Gasteiger partial charge in [0.25, 0.3) is 0 Å². The van der Waals surface area contributed by atoms with Crippen LogP contribution in [0, 0.1) is 5.92 Å². The first-order valence-electron chi connectivity index (χ1n) is 4.96. The first-order valence-corrected chi connectivity index (χ1v) is 4.96. The molecule has 1 heteroatoms. The number of fused-ring (bicyclic) bond motifs is 1. The molecule has 0 saturated carbocycles. The molecule has 1 nitrogen and oxygen atoms in total. The van der Waals surface area contributed by atoms with E-state index in [1.165, 1.54) is 11.1 Å². The molecule has 0 spiro atoms. The monoisotopic (exact) mass is 176 g/mol. The zero-order valence-corrected chi connectivity index (χ0v) is 8.20. The molecular formula is C12H16O. The molecule has 1 aliphatic rings. The second-order valence-electron chi connectivity index (χ2n) is 4.24. The van der Waals surface area contributed by atoms with Crippen molar-refractivity contribution in [2.75, 3.05) is 0 Å². The summed E-state index contributed by atoms with van der Waals surface area (Å²) in [5.74, 6) is 0.745. The van der Waals surface area contributed by atoms with E-state index in [0.717, 1.165) is 6.42 Å². The molecule has 1 aliphatic carbocycles. The van der Waals surface area contributed by atoms with Crippen LogP contribution >= 0.6 is 0 Å². The number of benzene rings is 1. The Hall–Kier alpha value is -0.820. The highest BCUT2D eigenvalue weighted by molar-refractivity contribution is 5.40. The van der Waals surface area contributed by atoms with Crippen molar-refractivity contribution in [1.82, 2.24) is 0 Å². The molecule has 2 unspecified atom stereocenters. The molecule has 0 aliphatic heterocycles. The maximum Gasteiger partial charge on any atom is 0.0634 e. The summed E-state index contributed by atoms with van der Waals surface area (Å²) in [6.07, 6.45) is 0.880. The Morgan fingerprint density at radius 1 is 1.31 bits per heavy atom. The molecule has 0 bridgehead atoms. The number of aliphatic hydroxyl groups is 1. The lowest BCUT2D eigenvalue weighted by Gasteiger charge is -2.35. The van der Waals surface area contributed by atoms with Crippen molar-refractivity contribution in [2.24, 2.45) is 5.92 Å². The van der Waals surface area contributed by atoms with Gasteiger partial charge in [-0.25, -0.2) is 0 Å². The third-order valence-electron chi connectivity index (χ3n) is 2.99. The summed E-state index contributed by atoms with van der Waals surface area (Å²) >= 11 is 0. The molecule has 70 valence electrons. The average molecular weight is 176 g/mol. The van der Waals surface area contributed by atoms with E-state index in [1.807, 2.05) is 0 Å². The van der Waals surface area contributed by atoms with E-state index in [2.05, 4.69) is 38.1 Å². The van der Waals surface area contributed by atoms with Gasteiger partial charge in [0.1, 0.15) is 0 Å². The molecule has 2 atom stereocenters. The smallest absolute Gasteiger partial charge is 0.0634 e. The van der Waals surface area contributed by atoms with Gasteiger partial charge >= 0.3 is 0 Å². The molecule has 1 N–H and O–H groups in total. The Bertz CT molecular complexity index is 304. The highest BCUT2D eigenvalue weighted by Crippen LogP contribution is 2.39. The number of hydrogen-bond donors (Lipinski definition) is 1. The van der Waals surface area contributed by atoms with Gasteiger partial charge in [0.15, 0.2) is 0 Å². The van der Waals surface area contributed by atoms with Gasteiger partial charge in [-0.15, -0.1) is 0 Å². The normalized spacial score (nSPS) is 22.3. The number of hydrogen-bond acceptors (Lipinski definition) is 1. The van der Waals surface area contributed by atoms with E-state index < -0.39 is 0 Å². The van der Waals surface area contributed by atoms with Gasteiger partial charge in [0.2, 0.25) is 0 Å². The van der Waals surface area contributed by atoms with Crippen LogP contribution < -0.4 is 0 Å². The fourth-order valence-electron chi connectivity index (χ4n) is 2.07. The summed E-state index contributed by atoms with van der Waals surface area (Å²) in [6, 6.07) is 8.41. The maximum atomic E-state index is 9.89. The van der Waals surface area contributed by atoms with Crippen LogP contribution in [0.25, 0.3) is 0 Å². The van der Waals surface area contributed by atoms with E-state index in [-0.39, 0.29) is 6.10 Å². The molecule has 13 heavy (non-hydrogen) atoms. The molecule has 0 fully saturated rings. The highest BCUT2D eigenvalue weighted by atomic mass is 16.3. The summed E-state index contributed by atoms with van der Waals surface area (Å²) in [4.78, 5) is 0. The van der Waals surface area contributed by atoms with E-state index in [1.54, 1.807) is 0 Å². The molecule has 1 aromatic rings. The SMILES string of the molecule is CC(C)C(O)C1Cc2ccccc21. The van der Waals surface area contributed by atoms with Crippen LogP contribution in [-0.2, 0) is 6.42 Å². The fourth-order valence-corrected chi connectivity index (χ4v) is 2.07. The van der Waals surface area contributed by atoms with Crippen molar-refractivity contribution in [3.05, 3.63) is 35.4 Å². The largest absolute Gasteiger partial charge is 0.392 e. The standard InChI is InChI=1S/C12H16O/c1-8(2)12(13)11-7-9-5-3-4-6-10(9)11/h3-6,8,11-13H,7H2,1-2H3. The molecule has 2 rings (SSSR count). The van der Waals surface area contributed by atoms with Crippen LogP contribution in [0.4, 0.5) is 0 Å². The molecule has 0 saturated heterocycles. The third kappa shape index (κ3) is 1.37. The van der Waals surface area contributed by atoms with Crippen LogP contribution in [0.1, 0.15) is 30.9 Å². The van der Waals surface area contributed by atoms with Crippen LogP contribution in [-0.4, -0.2) is 11.2 Å². The molecular weight excluding hydrogens is 160 g/mol. The number of rotatable bonds is 2. The topological polar surface area (TPSA) is 20.2 Å². The molecule has 1 aromatic carbocycles. The lowest BCUT2D eigenvalue weighted by molar-refractivity contribution is 0.0877. The van der Waals surface area contributed by atoms with Crippen molar-refractivity contribution < 1.29 is 5.11 Å². The predicted molar refractivity (Wildman–Crippen MR) is 53.7 cm³/mol. The molecule has 0 heterocycles. The zero-order valence-electron chi connectivity index (χ0n) is 8.20. The van der Waals surface area contributed by atoms with Crippen molar-refractivity contribution >= 4 is 0 Å². The predicted octanol–water partition coefficient (Wildman–Crippen LogP) is 2.34. The summed E-state index contributed by atoms with van der Waals surface area (Å²) in [7, 11) is 0. The van der Waals surface area contributed by atoms with Gasteiger partial charge in [-0.3, -0.25) is 0 Å². The summed E-state index contributed by atoms with van der Waals surface area (Å²) < 4.78 is 0. The lowest BCUT2D eigenvalue weighted by atomic mass is 9.72. The van der Waals surface area contributed by atoms with Gasteiger partial charge in [-0.1, -0.05) is 38.1 Å². The quantitative estimate of drug-likeness (QED) is 0.733. The van der Waals surface area contributed by atoms with Crippen molar-refractivity contribution in [1.29, 1.82) is 0 Å². The first kappa shape index (κ1) is 8.76. The van der Waals surface area contributed by atoms with Crippen LogP contribution in [0.2, 0.25) is 0 Å². The van der Waals surface area contributed by atoms with Crippen LogP contribution in [0.3, 0.4) is 0 Å². The lowest BCUT2D eigenvalue weighted by Crippen LogP contribution is -2.32. The Kier molecular flexibility index (Phi) is 2.12. The minimum atomic E-state index is -0.171. The Morgan fingerprint density at radius 2 is 2.00 bits per heavy atom. The minimum absolute atomic E-state index is 0.171. The molecule has 0 amide bonds. The molecule has 0 aromatic heterocycles. The maximum absolute atomic E-state index is 9.89. The summed E-state index contributed by atoms with van der Waals surface area (Å²) in [6.45, 7) is 4.15. The zero-order chi connectivity index (χ0) is 9.42. The van der Waals surface area contributed by atoms with E-state index in [4.69, 9.17) is 0 Å². The Balaban J connectivity index is 2.17. The Labute approximate surface area is 79.4 Å². The van der Waals surface area contributed by atoms with Gasteiger partial charge in [-0.2, -0.15) is 0 Å². The minimum Gasteiger partial charge on any atom is -0.392 e. The second kappa shape index (κ2) is 3.15. The van der Waals surface area contributed by atoms with E-state index >= 15 is 0 Å². The van der Waals surface area contributed by atoms with Crippen molar-refractivity contribution in [3.8, 4) is 0 Å². The van der Waals surface area contributed by atoms with Gasteiger partial charge in [-0.05, 0) is 23.5 Å². The van der Waals surface area contributed by atoms with Gasteiger partial charge in [0.05, 0.1) is 6.10 Å². The van der Waals surface area contributed by atoms with E-state index in [9.17, 15) is 5.11 Å². The second-order valence-corrected chi connectivity index (χ2v) is 4.24. The molecule has 0 radical (unpaired) electrons. The number of aliphatic hydroxyl groups excluding tert-OH is 1. The average Bonchev–Trinajstić information content (AvgIpc) is 2.06. The Morgan fingerprint density at radius 3 is 2.62 bits per heavy atom. The third-order valence-corrected chi connectivity index (χ3v) is 2.99. The van der Waals surface area contributed by atoms with Gasteiger partial charge < -0.3 is 5.11 Å². The van der Waals surface area contributed by atoms with Crippen LogP contribution in [0.5, 0.6) is 0 Å². The summed E-state index contributed by atoms with van der Waals surface area (Å²) in [5.41, 5.74) is 2.76.